The molecule has 0 aliphatic heterocycles. The Labute approximate surface area is 137 Å². The molecule has 1 N–H and O–H groups in total. The number of carbonyl (C=O) groups is 1. The van der Waals surface area contributed by atoms with Gasteiger partial charge in [0.1, 0.15) is 5.75 Å². The highest BCUT2D eigenvalue weighted by Gasteiger charge is 2.03. The Morgan fingerprint density at radius 3 is 2.52 bits per heavy atom. The first-order valence-corrected chi connectivity index (χ1v) is 7.69. The van der Waals surface area contributed by atoms with Gasteiger partial charge in [0.15, 0.2) is 0 Å². The minimum atomic E-state index is -0.129. The molecule has 120 valence electrons. The number of hydrogen-bond donors (Lipinski definition) is 1. The lowest BCUT2D eigenvalue weighted by Gasteiger charge is -2.04. The second-order valence-electron chi connectivity index (χ2n) is 5.39. The van der Waals surface area contributed by atoms with Crippen LogP contribution in [-0.4, -0.2) is 18.7 Å². The molecule has 0 radical (unpaired) electrons. The van der Waals surface area contributed by atoms with E-state index in [4.69, 9.17) is 4.74 Å². The number of amides is 1. The predicted octanol–water partition coefficient (Wildman–Crippen LogP) is 3.39. The van der Waals surface area contributed by atoms with Crippen LogP contribution >= 0.6 is 0 Å². The Morgan fingerprint density at radius 2 is 1.87 bits per heavy atom. The minimum absolute atomic E-state index is 0.129. The number of nitrogens with one attached hydrogen (secondary N) is 1. The molecule has 0 atom stereocenters. The molecule has 1 amide bonds. The zero-order chi connectivity index (χ0) is 16.7. The van der Waals surface area contributed by atoms with E-state index in [0.29, 0.717) is 13.0 Å². The summed E-state index contributed by atoms with van der Waals surface area (Å²) >= 11 is 0. The molecule has 0 unspecified atom stereocenters. The fraction of sp³-hybridized carbons (Fsp3) is 0.263. The number of hydrazone groups is 1. The molecule has 0 fully saturated rings. The molecule has 0 aliphatic carbocycles. The first-order valence-electron chi connectivity index (χ1n) is 7.69. The maximum atomic E-state index is 11.9. The summed E-state index contributed by atoms with van der Waals surface area (Å²) < 4.78 is 5.37. The van der Waals surface area contributed by atoms with Gasteiger partial charge < -0.3 is 4.74 Å². The van der Waals surface area contributed by atoms with Gasteiger partial charge >= 0.3 is 0 Å². The van der Waals surface area contributed by atoms with Crippen molar-refractivity contribution in [3.05, 3.63) is 64.7 Å². The van der Waals surface area contributed by atoms with E-state index in [0.717, 1.165) is 16.9 Å². The fourth-order valence-corrected chi connectivity index (χ4v) is 2.13. The molecule has 4 nitrogen and oxygen atoms in total. The van der Waals surface area contributed by atoms with Crippen molar-refractivity contribution in [2.75, 3.05) is 6.61 Å². The molecule has 0 saturated carbocycles. The van der Waals surface area contributed by atoms with Gasteiger partial charge in [-0.05, 0) is 67.3 Å². The number of hydrogen-bond acceptors (Lipinski definition) is 3. The maximum absolute atomic E-state index is 11.9. The number of rotatable bonds is 6. The third-order valence-corrected chi connectivity index (χ3v) is 3.53. The summed E-state index contributed by atoms with van der Waals surface area (Å²) in [6, 6.07) is 13.6. The fourth-order valence-electron chi connectivity index (χ4n) is 2.13. The van der Waals surface area contributed by atoms with E-state index < -0.39 is 0 Å². The van der Waals surface area contributed by atoms with Crippen molar-refractivity contribution in [2.24, 2.45) is 5.10 Å². The van der Waals surface area contributed by atoms with Crippen LogP contribution < -0.4 is 10.2 Å². The molecule has 0 bridgehead atoms. The van der Waals surface area contributed by atoms with Gasteiger partial charge in [0.2, 0.25) is 5.91 Å². The van der Waals surface area contributed by atoms with E-state index in [1.165, 1.54) is 11.1 Å². The zero-order valence-electron chi connectivity index (χ0n) is 13.8. The van der Waals surface area contributed by atoms with Crippen molar-refractivity contribution in [1.29, 1.82) is 0 Å². The van der Waals surface area contributed by atoms with Crippen molar-refractivity contribution >= 4 is 12.1 Å². The molecule has 2 aromatic carbocycles. The molecule has 2 aromatic rings. The van der Waals surface area contributed by atoms with E-state index in [1.54, 1.807) is 6.21 Å². The Balaban J connectivity index is 1.86. The van der Waals surface area contributed by atoms with E-state index in [2.05, 4.69) is 17.5 Å². The monoisotopic (exact) mass is 310 g/mol. The quantitative estimate of drug-likeness (QED) is 0.657. The van der Waals surface area contributed by atoms with Gasteiger partial charge in [0.05, 0.1) is 19.2 Å². The summed E-state index contributed by atoms with van der Waals surface area (Å²) in [5.41, 5.74) is 6.86. The number of carbonyl (C=O) groups excluding carboxylic acids is 1. The minimum Gasteiger partial charge on any atom is -0.494 e. The first kappa shape index (κ1) is 16.7. The molecule has 0 spiro atoms. The summed E-state index contributed by atoms with van der Waals surface area (Å²) in [7, 11) is 0. The second kappa shape index (κ2) is 8.13. The summed E-state index contributed by atoms with van der Waals surface area (Å²) in [4.78, 5) is 11.9. The maximum Gasteiger partial charge on any atom is 0.244 e. The van der Waals surface area contributed by atoms with Gasteiger partial charge in [-0.1, -0.05) is 18.2 Å². The van der Waals surface area contributed by atoms with Gasteiger partial charge in [-0.2, -0.15) is 5.10 Å². The van der Waals surface area contributed by atoms with Crippen molar-refractivity contribution in [3.63, 3.8) is 0 Å². The van der Waals surface area contributed by atoms with Gasteiger partial charge in [0, 0.05) is 0 Å². The van der Waals surface area contributed by atoms with Crippen LogP contribution in [0.4, 0.5) is 0 Å². The molecular formula is C19H22N2O2. The molecule has 0 heterocycles. The van der Waals surface area contributed by atoms with Crippen LogP contribution in [0, 0.1) is 13.8 Å². The standard InChI is InChI=1S/C19H22N2O2/c1-4-23-18-9-7-16(8-10-18)13-20-21-19(22)12-17-6-5-14(2)15(3)11-17/h5-11,13H,4,12H2,1-3H3,(H,21,22)/b20-13-. The number of ether oxygens (including phenoxy) is 1. The van der Waals surface area contributed by atoms with E-state index >= 15 is 0 Å². The summed E-state index contributed by atoms with van der Waals surface area (Å²) in [6.45, 7) is 6.68. The van der Waals surface area contributed by atoms with Crippen LogP contribution in [0.1, 0.15) is 29.2 Å². The predicted molar refractivity (Wildman–Crippen MR) is 93.0 cm³/mol. The Morgan fingerprint density at radius 1 is 1.13 bits per heavy atom. The van der Waals surface area contributed by atoms with Crippen LogP contribution in [0.3, 0.4) is 0 Å². The Bertz CT molecular complexity index is 691. The highest BCUT2D eigenvalue weighted by molar-refractivity contribution is 5.83. The van der Waals surface area contributed by atoms with Crippen molar-refractivity contribution in [2.45, 2.75) is 27.2 Å². The lowest BCUT2D eigenvalue weighted by molar-refractivity contribution is -0.120. The summed E-state index contributed by atoms with van der Waals surface area (Å²) in [5.74, 6) is 0.693. The smallest absolute Gasteiger partial charge is 0.244 e. The van der Waals surface area contributed by atoms with Gasteiger partial charge in [-0.3, -0.25) is 4.79 Å². The van der Waals surface area contributed by atoms with Crippen LogP contribution in [0.2, 0.25) is 0 Å². The SMILES string of the molecule is CCOc1ccc(/C=N\NC(=O)Cc2ccc(C)c(C)c2)cc1. The molecular weight excluding hydrogens is 288 g/mol. The van der Waals surface area contributed by atoms with E-state index in [1.807, 2.05) is 56.3 Å². The van der Waals surface area contributed by atoms with Crippen molar-refractivity contribution in [3.8, 4) is 5.75 Å². The first-order chi connectivity index (χ1) is 11.1. The van der Waals surface area contributed by atoms with E-state index in [9.17, 15) is 4.79 Å². The largest absolute Gasteiger partial charge is 0.494 e. The highest BCUT2D eigenvalue weighted by atomic mass is 16.5. The van der Waals surface area contributed by atoms with Crippen molar-refractivity contribution < 1.29 is 9.53 Å². The van der Waals surface area contributed by atoms with Gasteiger partial charge in [-0.15, -0.1) is 0 Å². The lowest BCUT2D eigenvalue weighted by atomic mass is 10.0. The third-order valence-electron chi connectivity index (χ3n) is 3.53. The molecule has 2 rings (SSSR count). The Kier molecular flexibility index (Phi) is 5.92. The summed E-state index contributed by atoms with van der Waals surface area (Å²) in [5, 5.41) is 3.99. The van der Waals surface area contributed by atoms with Gasteiger partial charge in [0.25, 0.3) is 0 Å². The number of benzene rings is 2. The zero-order valence-corrected chi connectivity index (χ0v) is 13.8. The van der Waals surface area contributed by atoms with Crippen molar-refractivity contribution in [1.82, 2.24) is 5.43 Å². The van der Waals surface area contributed by atoms with E-state index in [-0.39, 0.29) is 5.91 Å². The molecule has 0 aliphatic rings. The third kappa shape index (κ3) is 5.25. The van der Waals surface area contributed by atoms with Crippen LogP contribution in [0.5, 0.6) is 5.75 Å². The second-order valence-corrected chi connectivity index (χ2v) is 5.39. The normalized spacial score (nSPS) is 10.7. The van der Waals surface area contributed by atoms with Gasteiger partial charge in [-0.25, -0.2) is 5.43 Å². The average Bonchev–Trinajstić information content (AvgIpc) is 2.53. The topological polar surface area (TPSA) is 50.7 Å². The molecule has 0 saturated heterocycles. The molecule has 0 aromatic heterocycles. The lowest BCUT2D eigenvalue weighted by Crippen LogP contribution is -2.19. The molecule has 4 heteroatoms. The van der Waals surface area contributed by atoms with Crippen LogP contribution in [-0.2, 0) is 11.2 Å². The van der Waals surface area contributed by atoms with Crippen LogP contribution in [0.25, 0.3) is 0 Å². The Hall–Kier alpha value is -2.62. The number of aryl methyl sites for hydroxylation is 2. The molecule has 23 heavy (non-hydrogen) atoms. The highest BCUT2D eigenvalue weighted by Crippen LogP contribution is 2.11. The average molecular weight is 310 g/mol. The van der Waals surface area contributed by atoms with Crippen LogP contribution in [0.15, 0.2) is 47.6 Å². The number of nitrogens with zero attached hydrogens (tertiary/aromatic N) is 1. The summed E-state index contributed by atoms with van der Waals surface area (Å²) in [6.07, 6.45) is 1.94.